The van der Waals surface area contributed by atoms with Gasteiger partial charge in [0.2, 0.25) is 17.6 Å². The second kappa shape index (κ2) is 12.0. The zero-order valence-electron chi connectivity index (χ0n) is 20.3. The van der Waals surface area contributed by atoms with Crippen LogP contribution in [-0.2, 0) is 27.4 Å². The molecule has 2 aromatic heterocycles. The van der Waals surface area contributed by atoms with Crippen molar-refractivity contribution in [2.45, 2.75) is 45.1 Å². The van der Waals surface area contributed by atoms with Crippen molar-refractivity contribution in [1.29, 1.82) is 0 Å². The maximum absolute atomic E-state index is 12.4. The van der Waals surface area contributed by atoms with Gasteiger partial charge in [0.15, 0.2) is 0 Å². The normalized spacial score (nSPS) is 13.3. The van der Waals surface area contributed by atoms with E-state index in [0.29, 0.717) is 53.9 Å². The molecule has 3 aromatic rings. The second-order valence-corrected chi connectivity index (χ2v) is 8.23. The van der Waals surface area contributed by atoms with E-state index >= 15 is 0 Å². The predicted molar refractivity (Wildman–Crippen MR) is 129 cm³/mol. The van der Waals surface area contributed by atoms with Crippen LogP contribution in [0.3, 0.4) is 0 Å². The monoisotopic (exact) mass is 492 g/mol. The lowest BCUT2D eigenvalue weighted by Crippen LogP contribution is -2.27. The van der Waals surface area contributed by atoms with Crippen molar-refractivity contribution in [3.05, 3.63) is 65.3 Å². The summed E-state index contributed by atoms with van der Waals surface area (Å²) in [7, 11) is 2.97. The number of benzene rings is 1. The number of nitrogens with one attached hydrogen (secondary N) is 1. The number of methoxy groups -OCH3 is 2. The van der Waals surface area contributed by atoms with Crippen LogP contribution in [0, 0.1) is 0 Å². The highest BCUT2D eigenvalue weighted by Gasteiger charge is 2.21. The van der Waals surface area contributed by atoms with Crippen LogP contribution >= 0.6 is 0 Å². The summed E-state index contributed by atoms with van der Waals surface area (Å²) in [5.74, 6) is 1.45. The lowest BCUT2D eigenvalue weighted by atomic mass is 9.96. The smallest absolute Gasteiger partial charge is 0.335 e. The number of carbonyl (C=O) groups excluding carboxylic acids is 2. The molecule has 1 amide bonds. The molecule has 0 aliphatic heterocycles. The fraction of sp³-hybridized carbons (Fsp3) is 0.346. The van der Waals surface area contributed by atoms with Crippen molar-refractivity contribution < 1.29 is 28.3 Å². The molecule has 10 nitrogen and oxygen atoms in total. The second-order valence-electron chi connectivity index (χ2n) is 8.23. The van der Waals surface area contributed by atoms with Gasteiger partial charge in [0.1, 0.15) is 23.8 Å². The van der Waals surface area contributed by atoms with Crippen LogP contribution in [0.15, 0.2) is 58.4 Å². The van der Waals surface area contributed by atoms with E-state index in [1.54, 1.807) is 25.4 Å². The van der Waals surface area contributed by atoms with Gasteiger partial charge in [0.05, 0.1) is 26.0 Å². The molecule has 0 radical (unpaired) electrons. The summed E-state index contributed by atoms with van der Waals surface area (Å²) in [6.07, 6.45) is 5.08. The summed E-state index contributed by atoms with van der Waals surface area (Å²) in [5, 5.41) is 6.81. The van der Waals surface area contributed by atoms with Gasteiger partial charge in [-0.2, -0.15) is 4.98 Å². The van der Waals surface area contributed by atoms with Gasteiger partial charge in [-0.1, -0.05) is 17.3 Å². The molecule has 0 saturated carbocycles. The summed E-state index contributed by atoms with van der Waals surface area (Å²) in [4.78, 5) is 33.1. The topological polar surface area (TPSA) is 126 Å². The molecule has 1 aliphatic rings. The Bertz CT molecular complexity index is 1220. The van der Waals surface area contributed by atoms with E-state index in [1.807, 2.05) is 24.3 Å². The predicted octanol–water partition coefficient (Wildman–Crippen LogP) is 3.77. The molecule has 0 unspecified atom stereocenters. The number of pyridine rings is 1. The highest BCUT2D eigenvalue weighted by atomic mass is 16.5. The molecule has 0 spiro atoms. The number of aryl methyl sites for hydroxylation is 1. The zero-order valence-corrected chi connectivity index (χ0v) is 20.3. The molecule has 1 aliphatic carbocycles. The maximum Gasteiger partial charge on any atom is 0.335 e. The molecule has 0 bridgehead atoms. The minimum absolute atomic E-state index is 0.144. The summed E-state index contributed by atoms with van der Waals surface area (Å²) in [6.45, 7) is 0.400. The van der Waals surface area contributed by atoms with Crippen molar-refractivity contribution in [2.75, 3.05) is 14.2 Å². The van der Waals surface area contributed by atoms with E-state index in [1.165, 1.54) is 7.11 Å². The Labute approximate surface area is 208 Å². The lowest BCUT2D eigenvalue weighted by molar-refractivity contribution is -0.136. The maximum atomic E-state index is 12.4. The van der Waals surface area contributed by atoms with Crippen molar-refractivity contribution in [2.24, 2.45) is 0 Å². The van der Waals surface area contributed by atoms with Crippen molar-refractivity contribution in [3.63, 3.8) is 0 Å². The summed E-state index contributed by atoms with van der Waals surface area (Å²) in [6, 6.07) is 11.2. The Morgan fingerprint density at radius 2 is 1.81 bits per heavy atom. The first kappa shape index (κ1) is 24.9. The minimum atomic E-state index is -0.392. The van der Waals surface area contributed by atoms with Crippen LogP contribution in [0.25, 0.3) is 11.5 Å². The lowest BCUT2D eigenvalue weighted by Gasteiger charge is -2.19. The van der Waals surface area contributed by atoms with Gasteiger partial charge < -0.3 is 24.1 Å². The minimum Gasteiger partial charge on any atom is -0.497 e. The number of amides is 1. The molecule has 0 saturated heterocycles. The number of esters is 1. The molecular weight excluding hydrogens is 464 g/mol. The zero-order chi connectivity index (χ0) is 25.3. The first-order chi connectivity index (χ1) is 17.6. The van der Waals surface area contributed by atoms with Crippen LogP contribution in [-0.4, -0.2) is 41.2 Å². The van der Waals surface area contributed by atoms with Crippen molar-refractivity contribution in [1.82, 2.24) is 20.4 Å². The molecular formula is C26H28N4O6. The Kier molecular flexibility index (Phi) is 8.28. The van der Waals surface area contributed by atoms with Crippen molar-refractivity contribution >= 4 is 11.9 Å². The standard InChI is InChI=1S/C26H28N4O6/c1-33-18-9-7-17(8-10-18)16-35-19-11-12-22(27-15-19)25-29-24(36-30-25)14-13-23(31)28-21-6-4-3-5-20(21)26(32)34-2/h7-12,15H,3-6,13-14,16H2,1-2H3,(H,28,31). The van der Waals surface area contributed by atoms with Crippen LogP contribution in [0.2, 0.25) is 0 Å². The molecule has 1 N–H and O–H groups in total. The van der Waals surface area contributed by atoms with Crippen LogP contribution in [0.4, 0.5) is 0 Å². The van der Waals surface area contributed by atoms with Crippen LogP contribution in [0.5, 0.6) is 11.5 Å². The first-order valence-electron chi connectivity index (χ1n) is 11.7. The van der Waals surface area contributed by atoms with E-state index < -0.39 is 5.97 Å². The molecule has 0 atom stereocenters. The number of nitrogens with zero attached hydrogens (tertiary/aromatic N) is 3. The van der Waals surface area contributed by atoms with E-state index in [9.17, 15) is 9.59 Å². The number of carbonyl (C=O) groups is 2. The third-order valence-electron chi connectivity index (χ3n) is 5.75. The average Bonchev–Trinajstić information content (AvgIpc) is 3.40. The fourth-order valence-electron chi connectivity index (χ4n) is 3.79. The van der Waals surface area contributed by atoms with Gasteiger partial charge in [-0.05, 0) is 55.5 Å². The summed E-state index contributed by atoms with van der Waals surface area (Å²) >= 11 is 0. The van der Waals surface area contributed by atoms with Crippen molar-refractivity contribution in [3.8, 4) is 23.0 Å². The van der Waals surface area contributed by atoms with Gasteiger partial charge in [-0.25, -0.2) is 9.78 Å². The molecule has 1 aromatic carbocycles. The van der Waals surface area contributed by atoms with E-state index in [-0.39, 0.29) is 18.7 Å². The average molecular weight is 493 g/mol. The Hall–Kier alpha value is -4.21. The molecule has 4 rings (SSSR count). The Balaban J connectivity index is 1.28. The first-order valence-corrected chi connectivity index (χ1v) is 11.7. The molecule has 36 heavy (non-hydrogen) atoms. The molecule has 10 heteroatoms. The number of rotatable bonds is 10. The van der Waals surface area contributed by atoms with E-state index in [0.717, 1.165) is 24.2 Å². The third kappa shape index (κ3) is 6.47. The molecule has 0 fully saturated rings. The number of allylic oxidation sites excluding steroid dienone is 1. The van der Waals surface area contributed by atoms with Gasteiger partial charge in [-0.15, -0.1) is 0 Å². The van der Waals surface area contributed by atoms with Crippen LogP contribution < -0.4 is 14.8 Å². The highest BCUT2D eigenvalue weighted by molar-refractivity contribution is 5.90. The quantitative estimate of drug-likeness (QED) is 0.421. The Morgan fingerprint density at radius 3 is 2.53 bits per heavy atom. The summed E-state index contributed by atoms with van der Waals surface area (Å²) in [5.41, 5.74) is 2.72. The van der Waals surface area contributed by atoms with Gasteiger partial charge in [-0.3, -0.25) is 4.79 Å². The Morgan fingerprint density at radius 1 is 1.03 bits per heavy atom. The van der Waals surface area contributed by atoms with E-state index in [2.05, 4.69) is 20.4 Å². The molecule has 2 heterocycles. The van der Waals surface area contributed by atoms with Gasteiger partial charge >= 0.3 is 5.97 Å². The SMILES string of the molecule is COC(=O)C1=C(NC(=O)CCc2nc(-c3ccc(OCc4ccc(OC)cc4)cn3)no2)CCCC1. The largest absolute Gasteiger partial charge is 0.497 e. The number of aromatic nitrogens is 3. The van der Waals surface area contributed by atoms with Crippen LogP contribution in [0.1, 0.15) is 43.6 Å². The highest BCUT2D eigenvalue weighted by Crippen LogP contribution is 2.24. The summed E-state index contributed by atoms with van der Waals surface area (Å²) < 4.78 is 21.0. The molecule has 188 valence electrons. The number of hydrogen-bond donors (Lipinski definition) is 1. The number of hydrogen-bond acceptors (Lipinski definition) is 9. The third-order valence-corrected chi connectivity index (χ3v) is 5.75. The number of ether oxygens (including phenoxy) is 3. The van der Waals surface area contributed by atoms with E-state index in [4.69, 9.17) is 18.7 Å². The van der Waals surface area contributed by atoms with Gasteiger partial charge in [0, 0.05) is 18.5 Å². The fourth-order valence-corrected chi connectivity index (χ4v) is 3.79. The van der Waals surface area contributed by atoms with Gasteiger partial charge in [0.25, 0.3) is 0 Å².